The van der Waals surface area contributed by atoms with Gasteiger partial charge in [-0.1, -0.05) is 19.4 Å². The molecule has 4 nitrogen and oxygen atoms in total. The molecule has 1 heterocycles. The SMILES string of the molecule is CC(C)=CC(=O)Oc1ccc(F)cc1.CC1(C)CC(=O)Oc2ccc(F)cc21. The van der Waals surface area contributed by atoms with Gasteiger partial charge in [0.1, 0.15) is 23.1 Å². The van der Waals surface area contributed by atoms with Crippen LogP contribution in [0.3, 0.4) is 0 Å². The van der Waals surface area contributed by atoms with Crippen LogP contribution in [0.25, 0.3) is 0 Å². The monoisotopic (exact) mass is 388 g/mol. The van der Waals surface area contributed by atoms with Crippen LogP contribution in [0.5, 0.6) is 11.5 Å². The molecule has 0 N–H and O–H groups in total. The van der Waals surface area contributed by atoms with Crippen LogP contribution in [-0.4, -0.2) is 11.9 Å². The molecule has 0 saturated carbocycles. The number of fused-ring (bicyclic) bond motifs is 1. The third kappa shape index (κ3) is 6.01. The summed E-state index contributed by atoms with van der Waals surface area (Å²) in [5.74, 6) is -0.533. The lowest BCUT2D eigenvalue weighted by Gasteiger charge is -2.30. The first-order valence-corrected chi connectivity index (χ1v) is 8.70. The van der Waals surface area contributed by atoms with Crippen LogP contribution in [0.15, 0.2) is 54.1 Å². The first-order valence-electron chi connectivity index (χ1n) is 8.70. The van der Waals surface area contributed by atoms with Crippen molar-refractivity contribution in [3.8, 4) is 11.5 Å². The lowest BCUT2D eigenvalue weighted by Crippen LogP contribution is -2.30. The van der Waals surface area contributed by atoms with Crippen molar-refractivity contribution < 1.29 is 27.8 Å². The zero-order valence-electron chi connectivity index (χ0n) is 16.2. The van der Waals surface area contributed by atoms with Crippen LogP contribution in [0.4, 0.5) is 8.78 Å². The molecule has 0 aromatic heterocycles. The van der Waals surface area contributed by atoms with Crippen LogP contribution in [0.1, 0.15) is 39.7 Å². The number of allylic oxidation sites excluding steroid dienone is 1. The van der Waals surface area contributed by atoms with Crippen LogP contribution in [0.2, 0.25) is 0 Å². The summed E-state index contributed by atoms with van der Waals surface area (Å²) in [6, 6.07) is 9.53. The second kappa shape index (κ2) is 8.78. The molecule has 0 aliphatic carbocycles. The van der Waals surface area contributed by atoms with Gasteiger partial charge in [-0.25, -0.2) is 13.6 Å². The first kappa shape index (κ1) is 21.3. The van der Waals surface area contributed by atoms with E-state index in [-0.39, 0.29) is 23.0 Å². The van der Waals surface area contributed by atoms with Crippen molar-refractivity contribution in [1.82, 2.24) is 0 Å². The van der Waals surface area contributed by atoms with Crippen molar-refractivity contribution in [2.75, 3.05) is 0 Å². The smallest absolute Gasteiger partial charge is 0.336 e. The number of carbonyl (C=O) groups is 2. The minimum atomic E-state index is -0.448. The summed E-state index contributed by atoms with van der Waals surface area (Å²) in [4.78, 5) is 22.3. The highest BCUT2D eigenvalue weighted by atomic mass is 19.1. The lowest BCUT2D eigenvalue weighted by molar-refractivity contribution is -0.137. The molecule has 0 bridgehead atoms. The maximum Gasteiger partial charge on any atom is 0.336 e. The van der Waals surface area contributed by atoms with Gasteiger partial charge in [0.05, 0.1) is 6.42 Å². The summed E-state index contributed by atoms with van der Waals surface area (Å²) in [6.45, 7) is 7.41. The minimum Gasteiger partial charge on any atom is -0.426 e. The van der Waals surface area contributed by atoms with Crippen LogP contribution >= 0.6 is 0 Å². The fourth-order valence-electron chi connectivity index (χ4n) is 2.62. The molecule has 0 radical (unpaired) electrons. The highest BCUT2D eigenvalue weighted by molar-refractivity contribution is 5.84. The molecule has 1 aliphatic heterocycles. The number of benzene rings is 2. The summed E-state index contributed by atoms with van der Waals surface area (Å²) in [5.41, 5.74) is 1.28. The van der Waals surface area contributed by atoms with Crippen molar-refractivity contribution in [1.29, 1.82) is 0 Å². The largest absolute Gasteiger partial charge is 0.426 e. The Morgan fingerprint density at radius 3 is 2.29 bits per heavy atom. The van der Waals surface area contributed by atoms with E-state index in [0.29, 0.717) is 17.9 Å². The average Bonchev–Trinajstić information content (AvgIpc) is 2.57. The van der Waals surface area contributed by atoms with Gasteiger partial charge in [-0.3, -0.25) is 4.79 Å². The topological polar surface area (TPSA) is 52.6 Å². The second-order valence-electron chi connectivity index (χ2n) is 7.27. The zero-order valence-corrected chi connectivity index (χ0v) is 16.2. The molecule has 0 fully saturated rings. The maximum atomic E-state index is 13.0. The number of ether oxygens (including phenoxy) is 2. The third-order valence-corrected chi connectivity index (χ3v) is 3.92. The van der Waals surface area contributed by atoms with E-state index in [2.05, 4.69) is 0 Å². The normalized spacial score (nSPS) is 14.0. The van der Waals surface area contributed by atoms with Gasteiger partial charge >= 0.3 is 11.9 Å². The Kier molecular flexibility index (Phi) is 6.67. The molecule has 28 heavy (non-hydrogen) atoms. The molecule has 0 unspecified atom stereocenters. The van der Waals surface area contributed by atoms with Crippen LogP contribution in [-0.2, 0) is 15.0 Å². The molecule has 0 atom stereocenters. The van der Waals surface area contributed by atoms with Gasteiger partial charge in [0.2, 0.25) is 0 Å². The molecule has 6 heteroatoms. The van der Waals surface area contributed by atoms with Gasteiger partial charge in [-0.2, -0.15) is 0 Å². The molecule has 2 aromatic carbocycles. The zero-order chi connectivity index (χ0) is 20.9. The second-order valence-corrected chi connectivity index (χ2v) is 7.27. The van der Waals surface area contributed by atoms with Crippen molar-refractivity contribution >= 4 is 11.9 Å². The molecule has 148 valence electrons. The highest BCUT2D eigenvalue weighted by Gasteiger charge is 2.33. The van der Waals surface area contributed by atoms with Crippen LogP contribution in [0, 0.1) is 11.6 Å². The fraction of sp³-hybridized carbons (Fsp3) is 0.273. The maximum absolute atomic E-state index is 13.0. The number of esters is 2. The van der Waals surface area contributed by atoms with Crippen molar-refractivity contribution in [2.45, 2.75) is 39.5 Å². The summed E-state index contributed by atoms with van der Waals surface area (Å²) in [5, 5.41) is 0. The fourth-order valence-corrected chi connectivity index (χ4v) is 2.62. The molecule has 2 aromatic rings. The molecule has 0 spiro atoms. The number of rotatable bonds is 2. The van der Waals surface area contributed by atoms with E-state index >= 15 is 0 Å². The quantitative estimate of drug-likeness (QED) is 0.408. The highest BCUT2D eigenvalue weighted by Crippen LogP contribution is 2.38. The van der Waals surface area contributed by atoms with Gasteiger partial charge in [0, 0.05) is 17.1 Å². The third-order valence-electron chi connectivity index (χ3n) is 3.92. The van der Waals surface area contributed by atoms with Gasteiger partial charge in [0.15, 0.2) is 0 Å². The van der Waals surface area contributed by atoms with Gasteiger partial charge in [-0.15, -0.1) is 0 Å². The van der Waals surface area contributed by atoms with E-state index in [1.165, 1.54) is 48.5 Å². The lowest BCUT2D eigenvalue weighted by atomic mass is 9.79. The molecule has 0 amide bonds. The van der Waals surface area contributed by atoms with Crippen molar-refractivity contribution in [3.05, 3.63) is 71.3 Å². The number of halogens is 2. The Balaban J connectivity index is 0.000000200. The van der Waals surface area contributed by atoms with E-state index in [1.54, 1.807) is 13.8 Å². The summed E-state index contributed by atoms with van der Waals surface area (Å²) in [7, 11) is 0. The summed E-state index contributed by atoms with van der Waals surface area (Å²) < 4.78 is 35.4. The first-order chi connectivity index (χ1) is 13.1. The number of hydrogen-bond acceptors (Lipinski definition) is 4. The molecular weight excluding hydrogens is 366 g/mol. The van der Waals surface area contributed by atoms with E-state index in [0.717, 1.165) is 11.1 Å². The Bertz CT molecular complexity index is 895. The Morgan fingerprint density at radius 2 is 1.68 bits per heavy atom. The predicted octanol–water partition coefficient (Wildman–Crippen LogP) is 5.11. The number of carbonyl (C=O) groups excluding carboxylic acids is 2. The molecular formula is C22H22F2O4. The van der Waals surface area contributed by atoms with E-state index in [1.807, 2.05) is 13.8 Å². The standard InChI is InChI=1S/2C11H11FO2/c1-11(2)6-10(13)14-9-4-3-7(12)5-8(9)11;1-8(2)7-11(13)14-10-5-3-9(12)4-6-10/h3-5H,6H2,1-2H3;3-7H,1-2H3. The minimum absolute atomic E-state index is 0.255. The average molecular weight is 388 g/mol. The molecule has 1 aliphatic rings. The summed E-state index contributed by atoms with van der Waals surface area (Å²) >= 11 is 0. The predicted molar refractivity (Wildman–Crippen MR) is 101 cm³/mol. The Morgan fingerprint density at radius 1 is 1.07 bits per heavy atom. The van der Waals surface area contributed by atoms with Gasteiger partial charge < -0.3 is 9.47 Å². The van der Waals surface area contributed by atoms with E-state index in [9.17, 15) is 18.4 Å². The van der Waals surface area contributed by atoms with Crippen molar-refractivity contribution in [3.63, 3.8) is 0 Å². The summed E-state index contributed by atoms with van der Waals surface area (Å²) in [6.07, 6.45) is 1.67. The Hall–Kier alpha value is -3.02. The van der Waals surface area contributed by atoms with E-state index in [4.69, 9.17) is 9.47 Å². The van der Waals surface area contributed by atoms with E-state index < -0.39 is 5.97 Å². The van der Waals surface area contributed by atoms with Crippen LogP contribution < -0.4 is 9.47 Å². The molecule has 3 rings (SSSR count). The number of hydrogen-bond donors (Lipinski definition) is 0. The Labute approximate surface area is 162 Å². The van der Waals surface area contributed by atoms with Gasteiger partial charge in [0.25, 0.3) is 0 Å². The van der Waals surface area contributed by atoms with Gasteiger partial charge in [-0.05, 0) is 56.3 Å². The van der Waals surface area contributed by atoms with Crippen molar-refractivity contribution in [2.24, 2.45) is 0 Å². The molecule has 0 saturated heterocycles.